The largest absolute Gasteiger partial charge is 0.422 e. The number of nitrogens with zero attached hydrogens (tertiary/aromatic N) is 1. The van der Waals surface area contributed by atoms with Gasteiger partial charge in [-0.15, -0.1) is 0 Å². The molecule has 0 aromatic carbocycles. The third-order valence-corrected chi connectivity index (χ3v) is 2.83. The van der Waals surface area contributed by atoms with Crippen molar-refractivity contribution in [3.05, 3.63) is 0 Å². The van der Waals surface area contributed by atoms with Crippen molar-refractivity contribution in [1.29, 1.82) is 5.26 Å². The number of rotatable bonds is 5. The normalized spacial score (nSPS) is 11.0. The van der Waals surface area contributed by atoms with E-state index in [1.165, 1.54) is 0 Å². The molecular formula is C7H15NOSi. The number of hydrogen-bond donors (Lipinski definition) is 0. The molecule has 3 heteroatoms. The van der Waals surface area contributed by atoms with Crippen molar-refractivity contribution in [3.63, 3.8) is 0 Å². The van der Waals surface area contributed by atoms with E-state index in [-0.39, 0.29) is 9.76 Å². The molecule has 0 atom stereocenters. The second-order valence-electron chi connectivity index (χ2n) is 2.53. The van der Waals surface area contributed by atoms with E-state index in [0.717, 1.165) is 12.5 Å². The molecule has 0 saturated heterocycles. The Balaban J connectivity index is 2.86. The van der Waals surface area contributed by atoms with Gasteiger partial charge in [0.25, 0.3) is 0 Å². The Morgan fingerprint density at radius 2 is 2.30 bits per heavy atom. The minimum absolute atomic E-state index is 0.308. The highest BCUT2D eigenvalue weighted by Crippen LogP contribution is 1.95. The molecule has 0 unspecified atom stereocenters. The molecule has 0 aliphatic rings. The van der Waals surface area contributed by atoms with Crippen LogP contribution < -0.4 is 0 Å². The molecule has 2 nitrogen and oxygen atoms in total. The van der Waals surface area contributed by atoms with Crippen LogP contribution in [0.3, 0.4) is 0 Å². The summed E-state index contributed by atoms with van der Waals surface area (Å²) in [5.74, 6) is 0. The van der Waals surface area contributed by atoms with E-state index >= 15 is 0 Å². The standard InChI is InChI=1S/C7H15NOSi/c1-7(2)9-10-6-4-3-5-8/h7H,3-4,6,10H2,1-2H3. The van der Waals surface area contributed by atoms with Crippen molar-refractivity contribution in [2.24, 2.45) is 0 Å². The van der Waals surface area contributed by atoms with Crippen molar-refractivity contribution >= 4 is 9.76 Å². The Morgan fingerprint density at radius 3 is 2.80 bits per heavy atom. The quantitative estimate of drug-likeness (QED) is 0.444. The first-order valence-corrected chi connectivity index (χ1v) is 5.33. The summed E-state index contributed by atoms with van der Waals surface area (Å²) >= 11 is 0. The van der Waals surface area contributed by atoms with Gasteiger partial charge in [0.1, 0.15) is 0 Å². The lowest BCUT2D eigenvalue weighted by Gasteiger charge is -2.04. The van der Waals surface area contributed by atoms with Gasteiger partial charge >= 0.3 is 0 Å². The Morgan fingerprint density at radius 1 is 1.60 bits per heavy atom. The third kappa shape index (κ3) is 7.67. The van der Waals surface area contributed by atoms with Gasteiger partial charge in [0.05, 0.1) is 6.07 Å². The lowest BCUT2D eigenvalue weighted by molar-refractivity contribution is 0.255. The molecule has 0 aliphatic carbocycles. The molecule has 0 spiro atoms. The van der Waals surface area contributed by atoms with Gasteiger partial charge in [0.2, 0.25) is 0 Å². The lowest BCUT2D eigenvalue weighted by Crippen LogP contribution is -2.06. The number of hydrogen-bond acceptors (Lipinski definition) is 2. The molecular weight excluding hydrogens is 142 g/mol. The van der Waals surface area contributed by atoms with Crippen molar-refractivity contribution in [2.75, 3.05) is 0 Å². The molecule has 0 bridgehead atoms. The van der Waals surface area contributed by atoms with Gasteiger partial charge in [0.15, 0.2) is 9.76 Å². The van der Waals surface area contributed by atoms with Gasteiger partial charge in [0, 0.05) is 12.5 Å². The van der Waals surface area contributed by atoms with E-state index in [1.807, 2.05) is 0 Å². The third-order valence-electron chi connectivity index (χ3n) is 1.13. The van der Waals surface area contributed by atoms with E-state index in [2.05, 4.69) is 19.9 Å². The van der Waals surface area contributed by atoms with E-state index in [1.54, 1.807) is 0 Å². The molecule has 0 amide bonds. The van der Waals surface area contributed by atoms with E-state index in [0.29, 0.717) is 12.5 Å². The number of unbranched alkanes of at least 4 members (excludes halogenated alkanes) is 1. The first-order valence-electron chi connectivity index (χ1n) is 3.76. The molecule has 0 aromatic rings. The molecule has 0 N–H and O–H groups in total. The van der Waals surface area contributed by atoms with Crippen LogP contribution in [0.1, 0.15) is 26.7 Å². The van der Waals surface area contributed by atoms with Crippen LogP contribution in [0.5, 0.6) is 0 Å². The van der Waals surface area contributed by atoms with Crippen LogP contribution >= 0.6 is 0 Å². The van der Waals surface area contributed by atoms with Gasteiger partial charge in [-0.05, 0) is 26.3 Å². The Hall–Kier alpha value is -0.333. The van der Waals surface area contributed by atoms with Crippen molar-refractivity contribution in [2.45, 2.75) is 38.8 Å². The topological polar surface area (TPSA) is 33.0 Å². The SMILES string of the molecule is CC(C)O[SiH2]CCCC#N. The van der Waals surface area contributed by atoms with Crippen LogP contribution in [0.15, 0.2) is 0 Å². The summed E-state index contributed by atoms with van der Waals surface area (Å²) in [5, 5.41) is 8.20. The molecule has 0 fully saturated rings. The Labute approximate surface area is 65.1 Å². The Kier molecular flexibility index (Phi) is 6.56. The van der Waals surface area contributed by atoms with E-state index < -0.39 is 0 Å². The van der Waals surface area contributed by atoms with Gasteiger partial charge in [-0.2, -0.15) is 5.26 Å². The minimum atomic E-state index is -0.308. The summed E-state index contributed by atoms with van der Waals surface area (Å²) in [6.45, 7) is 4.11. The molecule has 58 valence electrons. The highest BCUT2D eigenvalue weighted by Gasteiger charge is 1.92. The van der Waals surface area contributed by atoms with Crippen LogP contribution in [-0.2, 0) is 4.43 Å². The Bertz CT molecular complexity index is 109. The fourth-order valence-electron chi connectivity index (χ4n) is 0.625. The zero-order chi connectivity index (χ0) is 7.82. The first-order chi connectivity index (χ1) is 4.77. The van der Waals surface area contributed by atoms with Gasteiger partial charge in [-0.1, -0.05) is 0 Å². The molecule has 10 heavy (non-hydrogen) atoms. The van der Waals surface area contributed by atoms with E-state index in [9.17, 15) is 0 Å². The van der Waals surface area contributed by atoms with Crippen LogP contribution in [0.25, 0.3) is 0 Å². The summed E-state index contributed by atoms with van der Waals surface area (Å²) in [6.07, 6.45) is 2.10. The molecule has 0 saturated carbocycles. The maximum absolute atomic E-state index is 8.20. The molecule has 0 heterocycles. The van der Waals surface area contributed by atoms with Gasteiger partial charge in [-0.3, -0.25) is 0 Å². The lowest BCUT2D eigenvalue weighted by atomic mass is 10.4. The fourth-order valence-corrected chi connectivity index (χ4v) is 1.72. The minimum Gasteiger partial charge on any atom is -0.422 e. The van der Waals surface area contributed by atoms with Crippen LogP contribution in [0.4, 0.5) is 0 Å². The highest BCUT2D eigenvalue weighted by atomic mass is 28.2. The summed E-state index contributed by atoms with van der Waals surface area (Å²) in [4.78, 5) is 0. The van der Waals surface area contributed by atoms with Crippen LogP contribution in [0, 0.1) is 11.3 Å². The summed E-state index contributed by atoms with van der Waals surface area (Å²) in [7, 11) is -0.308. The maximum atomic E-state index is 8.20. The van der Waals surface area contributed by atoms with Crippen LogP contribution in [-0.4, -0.2) is 15.9 Å². The van der Waals surface area contributed by atoms with Crippen molar-refractivity contribution in [3.8, 4) is 6.07 Å². The summed E-state index contributed by atoms with van der Waals surface area (Å²) < 4.78 is 5.42. The van der Waals surface area contributed by atoms with E-state index in [4.69, 9.17) is 9.69 Å². The average molecular weight is 157 g/mol. The smallest absolute Gasteiger partial charge is 0.161 e. The predicted molar refractivity (Wildman–Crippen MR) is 44.4 cm³/mol. The second-order valence-corrected chi connectivity index (χ2v) is 3.98. The van der Waals surface area contributed by atoms with Crippen molar-refractivity contribution < 1.29 is 4.43 Å². The molecule has 0 aliphatic heterocycles. The monoisotopic (exact) mass is 157 g/mol. The van der Waals surface area contributed by atoms with Crippen LogP contribution in [0.2, 0.25) is 6.04 Å². The number of nitriles is 1. The zero-order valence-corrected chi connectivity index (χ0v) is 8.18. The second kappa shape index (κ2) is 6.78. The van der Waals surface area contributed by atoms with Gasteiger partial charge in [-0.25, -0.2) is 0 Å². The predicted octanol–water partition coefficient (Wildman–Crippen LogP) is 1.22. The summed E-state index contributed by atoms with van der Waals surface area (Å²) in [6, 6.07) is 3.27. The zero-order valence-electron chi connectivity index (χ0n) is 6.76. The highest BCUT2D eigenvalue weighted by molar-refractivity contribution is 6.27. The average Bonchev–Trinajstić information content (AvgIpc) is 1.87. The fraction of sp³-hybridized carbons (Fsp3) is 0.857. The van der Waals surface area contributed by atoms with Crippen molar-refractivity contribution in [1.82, 2.24) is 0 Å². The van der Waals surface area contributed by atoms with Gasteiger partial charge < -0.3 is 4.43 Å². The maximum Gasteiger partial charge on any atom is 0.161 e. The molecule has 0 aromatic heterocycles. The summed E-state index contributed by atoms with van der Waals surface area (Å²) in [5.41, 5.74) is 0. The molecule has 0 rings (SSSR count). The first kappa shape index (κ1) is 9.67. The molecule has 0 radical (unpaired) electrons.